The molecule has 2 aromatic rings. The van der Waals surface area contributed by atoms with Gasteiger partial charge in [-0.1, -0.05) is 68.5 Å². The Kier molecular flexibility index (Phi) is 6.58. The summed E-state index contributed by atoms with van der Waals surface area (Å²) in [5.74, 6) is -1.44. The van der Waals surface area contributed by atoms with Crippen LogP contribution in [0.25, 0.3) is 10.8 Å². The van der Waals surface area contributed by atoms with Gasteiger partial charge in [0, 0.05) is 31.1 Å². The molecule has 6 atom stereocenters. The smallest absolute Gasteiger partial charge is 0.251 e. The van der Waals surface area contributed by atoms with Crippen molar-refractivity contribution in [1.29, 1.82) is 0 Å². The molecule has 1 unspecified atom stereocenters. The van der Waals surface area contributed by atoms with Crippen LogP contribution in [0.3, 0.4) is 0 Å². The van der Waals surface area contributed by atoms with Gasteiger partial charge in [0.15, 0.2) is 0 Å². The van der Waals surface area contributed by atoms with Gasteiger partial charge in [-0.05, 0) is 35.2 Å². The van der Waals surface area contributed by atoms with Crippen LogP contribution in [-0.4, -0.2) is 81.5 Å². The van der Waals surface area contributed by atoms with Crippen molar-refractivity contribution in [3.05, 3.63) is 66.8 Å². The number of hydrogen-bond acceptors (Lipinski definition) is 5. The van der Waals surface area contributed by atoms with Gasteiger partial charge in [0.1, 0.15) is 6.04 Å². The minimum Gasteiger partial charge on any atom is -0.394 e. The monoisotopic (exact) mass is 545 g/mol. The van der Waals surface area contributed by atoms with Gasteiger partial charge in [-0.15, -0.1) is 11.8 Å². The molecule has 2 aromatic carbocycles. The predicted molar refractivity (Wildman–Crippen MR) is 154 cm³/mol. The molecule has 0 aliphatic carbocycles. The quantitative estimate of drug-likeness (QED) is 0.582. The molecule has 0 saturated carbocycles. The maximum Gasteiger partial charge on any atom is 0.251 e. The normalized spacial score (nSPS) is 31.0. The van der Waals surface area contributed by atoms with E-state index in [1.807, 2.05) is 66.8 Å². The highest BCUT2D eigenvalue weighted by atomic mass is 32.2. The van der Waals surface area contributed by atoms with E-state index >= 15 is 0 Å². The number of carbonyl (C=O) groups is 3. The van der Waals surface area contributed by atoms with Crippen molar-refractivity contribution in [1.82, 2.24) is 9.80 Å². The number of aliphatic hydroxyl groups excluding tert-OH is 1. The van der Waals surface area contributed by atoms with Crippen molar-refractivity contribution in [2.75, 3.05) is 31.6 Å². The van der Waals surface area contributed by atoms with E-state index in [9.17, 15) is 19.5 Å². The Labute approximate surface area is 233 Å². The minimum atomic E-state index is -0.891. The molecule has 0 radical (unpaired) electrons. The van der Waals surface area contributed by atoms with E-state index in [-0.39, 0.29) is 35.5 Å². The number of likely N-dealkylation sites (tertiary alicyclic amines) is 1. The van der Waals surface area contributed by atoms with Crippen LogP contribution >= 0.6 is 11.8 Å². The number of carbonyl (C=O) groups excluding carboxylic acids is 3. The first-order valence-electron chi connectivity index (χ1n) is 13.8. The third-order valence-corrected chi connectivity index (χ3v) is 10.4. The molecule has 204 valence electrons. The summed E-state index contributed by atoms with van der Waals surface area (Å²) in [6.07, 6.45) is 8.62. The first-order valence-corrected chi connectivity index (χ1v) is 14.6. The maximum absolute atomic E-state index is 14.7. The Bertz CT molecular complexity index is 1390. The van der Waals surface area contributed by atoms with Crippen LogP contribution in [0.5, 0.6) is 0 Å². The molecule has 0 aromatic heterocycles. The lowest BCUT2D eigenvalue weighted by Crippen LogP contribution is -2.57. The SMILES string of the molecule is CC(C)C[C@H](CO)N1C(=O)[C@@H]2[C@H]3C(=O)N(C)CC=C[C@H]3S[C@@]23C=CCN(c2ccc4ccccc4c2)C(=O)C13. The largest absolute Gasteiger partial charge is 0.394 e. The highest BCUT2D eigenvalue weighted by Crippen LogP contribution is 2.61. The summed E-state index contributed by atoms with van der Waals surface area (Å²) in [6, 6.07) is 12.7. The third-order valence-electron chi connectivity index (χ3n) is 8.69. The highest BCUT2D eigenvalue weighted by Gasteiger charge is 2.71. The summed E-state index contributed by atoms with van der Waals surface area (Å²) >= 11 is 1.57. The number of aliphatic hydroxyl groups is 1. The number of likely N-dealkylation sites (N-methyl/N-ethyl adjacent to an activating group) is 1. The number of anilines is 1. The van der Waals surface area contributed by atoms with Gasteiger partial charge in [-0.25, -0.2) is 0 Å². The number of hydrogen-bond donors (Lipinski definition) is 1. The molecule has 1 spiro atoms. The fourth-order valence-electron chi connectivity index (χ4n) is 6.99. The predicted octanol–water partition coefficient (Wildman–Crippen LogP) is 3.48. The summed E-state index contributed by atoms with van der Waals surface area (Å²) < 4.78 is -0.891. The summed E-state index contributed by atoms with van der Waals surface area (Å²) in [7, 11) is 1.77. The first kappa shape index (κ1) is 26.1. The minimum absolute atomic E-state index is 0.0609. The van der Waals surface area contributed by atoms with Crippen LogP contribution in [0.1, 0.15) is 20.3 Å². The molecule has 6 rings (SSSR count). The average Bonchev–Trinajstić information content (AvgIpc) is 3.25. The average molecular weight is 546 g/mol. The topological polar surface area (TPSA) is 81.2 Å². The van der Waals surface area contributed by atoms with Gasteiger partial charge < -0.3 is 19.8 Å². The van der Waals surface area contributed by atoms with Crippen molar-refractivity contribution < 1.29 is 19.5 Å². The Morgan fingerprint density at radius 2 is 1.77 bits per heavy atom. The van der Waals surface area contributed by atoms with Crippen molar-refractivity contribution in [2.24, 2.45) is 17.8 Å². The summed E-state index contributed by atoms with van der Waals surface area (Å²) in [5.41, 5.74) is 0.772. The second-order valence-corrected chi connectivity index (χ2v) is 13.1. The Morgan fingerprint density at radius 1 is 1.00 bits per heavy atom. The Morgan fingerprint density at radius 3 is 2.51 bits per heavy atom. The standard InChI is InChI=1S/C31H35N3O4S/c1-19(2)16-23(18-35)34-27-30(38)33(22-12-11-20-8-4-5-9-21(20)17-22)15-7-13-31(27)26(29(34)37)25-24(39-31)10-6-14-32(3)28(25)36/h4-13,17,19,23-27,35H,14-16,18H2,1-3H3/t23-,24-,25+,26+,27?,31+/m1/s1. The van der Waals surface area contributed by atoms with Gasteiger partial charge in [0.25, 0.3) is 5.91 Å². The zero-order valence-electron chi connectivity index (χ0n) is 22.6. The number of fused-ring (bicyclic) bond motifs is 3. The van der Waals surface area contributed by atoms with E-state index in [2.05, 4.69) is 13.8 Å². The Hall–Kier alpha value is -3.10. The zero-order chi connectivity index (χ0) is 27.5. The maximum atomic E-state index is 14.7. The highest BCUT2D eigenvalue weighted by molar-refractivity contribution is 8.02. The molecule has 4 heterocycles. The van der Waals surface area contributed by atoms with Gasteiger partial charge in [0.2, 0.25) is 11.8 Å². The van der Waals surface area contributed by atoms with Gasteiger partial charge in [0.05, 0.1) is 29.2 Å². The molecule has 0 bridgehead atoms. The summed E-state index contributed by atoms with van der Waals surface area (Å²) in [4.78, 5) is 47.8. The molecule has 3 amide bonds. The van der Waals surface area contributed by atoms with Crippen LogP contribution in [-0.2, 0) is 14.4 Å². The fraction of sp³-hybridized carbons (Fsp3) is 0.452. The van der Waals surface area contributed by atoms with E-state index in [0.29, 0.717) is 19.5 Å². The van der Waals surface area contributed by atoms with Crippen molar-refractivity contribution in [3.8, 4) is 0 Å². The second-order valence-electron chi connectivity index (χ2n) is 11.6. The number of thioether (sulfide) groups is 1. The summed E-state index contributed by atoms with van der Waals surface area (Å²) in [6.45, 7) is 4.75. The lowest BCUT2D eigenvalue weighted by Gasteiger charge is -2.39. The van der Waals surface area contributed by atoms with Gasteiger partial charge in [-0.2, -0.15) is 0 Å². The lowest BCUT2D eigenvalue weighted by atomic mass is 9.78. The molecule has 7 nitrogen and oxygen atoms in total. The van der Waals surface area contributed by atoms with Crippen molar-refractivity contribution >= 4 is 45.9 Å². The number of nitrogens with zero attached hydrogens (tertiary/aromatic N) is 3. The van der Waals surface area contributed by atoms with E-state index in [1.54, 1.807) is 33.5 Å². The Balaban J connectivity index is 1.48. The molecule has 39 heavy (non-hydrogen) atoms. The first-order chi connectivity index (χ1) is 18.8. The number of amides is 3. The second kappa shape index (κ2) is 9.82. The van der Waals surface area contributed by atoms with Crippen LogP contribution < -0.4 is 4.90 Å². The van der Waals surface area contributed by atoms with E-state index in [4.69, 9.17) is 0 Å². The lowest BCUT2D eigenvalue weighted by molar-refractivity contribution is -0.144. The zero-order valence-corrected chi connectivity index (χ0v) is 23.4. The molecule has 4 aliphatic rings. The molecule has 4 aliphatic heterocycles. The van der Waals surface area contributed by atoms with Crippen LogP contribution in [0, 0.1) is 17.8 Å². The molecule has 2 saturated heterocycles. The van der Waals surface area contributed by atoms with Crippen LogP contribution in [0.15, 0.2) is 66.8 Å². The van der Waals surface area contributed by atoms with Gasteiger partial charge >= 0.3 is 0 Å². The van der Waals surface area contributed by atoms with E-state index in [0.717, 1.165) is 16.5 Å². The van der Waals surface area contributed by atoms with Gasteiger partial charge in [-0.3, -0.25) is 14.4 Å². The number of benzene rings is 2. The number of rotatable bonds is 5. The summed E-state index contributed by atoms with van der Waals surface area (Å²) in [5, 5.41) is 12.4. The van der Waals surface area contributed by atoms with Crippen molar-refractivity contribution in [2.45, 2.75) is 42.3 Å². The van der Waals surface area contributed by atoms with E-state index in [1.165, 1.54) is 0 Å². The molecule has 2 fully saturated rings. The van der Waals surface area contributed by atoms with Crippen LogP contribution in [0.2, 0.25) is 0 Å². The molecular formula is C31H35N3O4S. The van der Waals surface area contributed by atoms with Crippen LogP contribution in [0.4, 0.5) is 5.69 Å². The molecular weight excluding hydrogens is 510 g/mol. The van der Waals surface area contributed by atoms with Crippen molar-refractivity contribution in [3.63, 3.8) is 0 Å². The van der Waals surface area contributed by atoms with E-state index < -0.39 is 28.7 Å². The fourth-order valence-corrected chi connectivity index (χ4v) is 8.99. The molecule has 8 heteroatoms. The third kappa shape index (κ3) is 4.02. The molecule has 1 N–H and O–H groups in total.